The van der Waals surface area contributed by atoms with E-state index >= 15 is 0 Å². The van der Waals surface area contributed by atoms with E-state index in [9.17, 15) is 0 Å². The van der Waals surface area contributed by atoms with Crippen LogP contribution in [0.2, 0.25) is 0 Å². The molecule has 0 saturated carbocycles. The molecule has 53 heavy (non-hydrogen) atoms. The summed E-state index contributed by atoms with van der Waals surface area (Å²) in [5.74, 6) is 0.524. The Labute approximate surface area is 310 Å². The van der Waals surface area contributed by atoms with Gasteiger partial charge >= 0.3 is 0 Å². The first-order chi connectivity index (χ1) is 26.2. The second-order valence-corrected chi connectivity index (χ2v) is 14.1. The van der Waals surface area contributed by atoms with Crippen LogP contribution in [0.15, 0.2) is 196 Å². The fourth-order valence-electron chi connectivity index (χ4n) is 7.91. The number of H-pyrrole nitrogens is 1. The number of fused-ring (bicyclic) bond motifs is 6. The van der Waals surface area contributed by atoms with E-state index in [4.69, 9.17) is 15.0 Å². The van der Waals surface area contributed by atoms with Crippen molar-refractivity contribution in [2.45, 2.75) is 26.7 Å². The SMILES string of the molecule is CC[C@H](C)CC1C2=CN=C1C(c1ccccc1)=C1C=CC(=N1)C(c1ccccc1)=c1ccc([nH]1)=C(c1ccccc1)C1=NC(=C2c2ccccc2)C=C1. The van der Waals surface area contributed by atoms with Gasteiger partial charge in [-0.2, -0.15) is 0 Å². The molecule has 0 saturated heterocycles. The highest BCUT2D eigenvalue weighted by atomic mass is 14.8. The van der Waals surface area contributed by atoms with Gasteiger partial charge in [-0.05, 0) is 76.6 Å². The van der Waals surface area contributed by atoms with Crippen molar-refractivity contribution in [3.63, 3.8) is 0 Å². The van der Waals surface area contributed by atoms with Crippen molar-refractivity contribution in [1.82, 2.24) is 4.98 Å². The summed E-state index contributed by atoms with van der Waals surface area (Å²) in [6.07, 6.45) is 12.9. The number of hydrogen-bond donors (Lipinski definition) is 1. The van der Waals surface area contributed by atoms with Crippen molar-refractivity contribution in [2.75, 3.05) is 0 Å². The zero-order valence-electron chi connectivity index (χ0n) is 30.0. The van der Waals surface area contributed by atoms with Crippen LogP contribution in [0.1, 0.15) is 48.9 Å². The summed E-state index contributed by atoms with van der Waals surface area (Å²) in [4.78, 5) is 20.2. The maximum absolute atomic E-state index is 5.49. The number of nitrogens with zero attached hydrogens (tertiary/aromatic N) is 3. The molecule has 4 aromatic carbocycles. The van der Waals surface area contributed by atoms with Crippen LogP contribution >= 0.6 is 0 Å². The molecule has 0 amide bonds. The predicted octanol–water partition coefficient (Wildman–Crippen LogP) is 9.66. The highest BCUT2D eigenvalue weighted by molar-refractivity contribution is 6.34. The molecule has 1 unspecified atom stereocenters. The van der Waals surface area contributed by atoms with E-state index in [0.29, 0.717) is 5.92 Å². The van der Waals surface area contributed by atoms with Gasteiger partial charge in [-0.3, -0.25) is 4.99 Å². The number of aromatic amines is 1. The van der Waals surface area contributed by atoms with E-state index in [2.05, 4.69) is 183 Å². The lowest BCUT2D eigenvalue weighted by Crippen LogP contribution is -2.21. The van der Waals surface area contributed by atoms with Crippen LogP contribution in [0.5, 0.6) is 0 Å². The molecule has 0 radical (unpaired) electrons. The molecule has 0 aliphatic carbocycles. The number of allylic oxidation sites excluding steroid dienone is 7. The number of aromatic nitrogens is 1. The largest absolute Gasteiger partial charge is 0.354 e. The topological polar surface area (TPSA) is 52.9 Å². The quantitative estimate of drug-likeness (QED) is 0.178. The van der Waals surface area contributed by atoms with Gasteiger partial charge in [0.2, 0.25) is 0 Å². The zero-order valence-corrected chi connectivity index (χ0v) is 30.0. The van der Waals surface area contributed by atoms with Crippen LogP contribution in [0.3, 0.4) is 0 Å². The Morgan fingerprint density at radius 3 is 1.43 bits per heavy atom. The van der Waals surface area contributed by atoms with Gasteiger partial charge in [-0.15, -0.1) is 0 Å². The van der Waals surface area contributed by atoms with Gasteiger partial charge in [0.25, 0.3) is 0 Å². The van der Waals surface area contributed by atoms with Crippen molar-refractivity contribution >= 4 is 39.4 Å². The highest BCUT2D eigenvalue weighted by Crippen LogP contribution is 2.44. The number of nitrogens with one attached hydrogen (secondary N) is 1. The molecule has 2 atom stereocenters. The first-order valence-electron chi connectivity index (χ1n) is 18.6. The summed E-state index contributed by atoms with van der Waals surface area (Å²) < 4.78 is 0. The average Bonchev–Trinajstić information content (AvgIpc) is 4.05. The molecule has 0 spiro atoms. The number of benzene rings is 4. The minimum Gasteiger partial charge on any atom is -0.354 e. The summed E-state index contributed by atoms with van der Waals surface area (Å²) in [7, 11) is 0. The summed E-state index contributed by atoms with van der Waals surface area (Å²) in [6, 6.07) is 46.9. The minimum absolute atomic E-state index is 0.0435. The fourth-order valence-corrected chi connectivity index (χ4v) is 7.91. The Morgan fingerprint density at radius 2 is 0.962 bits per heavy atom. The Morgan fingerprint density at radius 1 is 0.528 bits per heavy atom. The Kier molecular flexibility index (Phi) is 8.57. The lowest BCUT2D eigenvalue weighted by molar-refractivity contribution is 0.486. The van der Waals surface area contributed by atoms with E-state index in [1.807, 2.05) is 0 Å². The molecular weight excluding hydrogens is 645 g/mol. The van der Waals surface area contributed by atoms with Crippen molar-refractivity contribution in [1.29, 1.82) is 0 Å². The summed E-state index contributed by atoms with van der Waals surface area (Å²) in [5.41, 5.74) is 14.7. The highest BCUT2D eigenvalue weighted by Gasteiger charge is 2.35. The van der Waals surface area contributed by atoms with Gasteiger partial charge < -0.3 is 4.98 Å². The fraction of sp³-hybridized carbons (Fsp3) is 0.122. The van der Waals surface area contributed by atoms with Gasteiger partial charge in [-0.25, -0.2) is 9.98 Å². The van der Waals surface area contributed by atoms with Gasteiger partial charge in [0.15, 0.2) is 0 Å². The lowest BCUT2D eigenvalue weighted by Gasteiger charge is -2.25. The molecule has 4 aliphatic rings. The molecule has 256 valence electrons. The van der Waals surface area contributed by atoms with Crippen molar-refractivity contribution in [3.8, 4) is 0 Å². The van der Waals surface area contributed by atoms with Crippen molar-refractivity contribution < 1.29 is 0 Å². The smallest absolute Gasteiger partial charge is 0.0737 e. The average molecular weight is 685 g/mol. The second kappa shape index (κ2) is 14.0. The molecule has 8 bridgehead atoms. The molecule has 1 N–H and O–H groups in total. The van der Waals surface area contributed by atoms with Gasteiger partial charge in [0.05, 0.1) is 28.5 Å². The van der Waals surface area contributed by atoms with Gasteiger partial charge in [0.1, 0.15) is 0 Å². The Hall–Kier alpha value is -6.39. The standard InChI is InChI=1S/C49H40N4/c1-3-32(2)30-37-38-31-50-49(37)48(36-22-14-7-15-23-36)44-29-28-43(53-44)47(35-20-12-6-13-21-35)42-27-26-41(52-42)46(34-18-10-5-11-19-34)40-25-24-39(51-40)45(38)33-16-8-4-9-17-33/h4-29,31-32,37,52H,3,30H2,1-2H3/t32-,37?/m0/s1. The van der Waals surface area contributed by atoms with Crippen LogP contribution in [0, 0.1) is 11.8 Å². The molecule has 4 nitrogen and oxygen atoms in total. The first kappa shape index (κ1) is 32.5. The van der Waals surface area contributed by atoms with Crippen LogP contribution < -0.4 is 10.7 Å². The monoisotopic (exact) mass is 684 g/mol. The first-order valence-corrected chi connectivity index (χ1v) is 18.6. The van der Waals surface area contributed by atoms with E-state index < -0.39 is 0 Å². The van der Waals surface area contributed by atoms with E-state index in [1.54, 1.807) is 0 Å². The normalized spacial score (nSPS) is 18.3. The summed E-state index contributed by atoms with van der Waals surface area (Å²) in [5, 5.41) is 2.00. The molecule has 5 aromatic rings. The maximum atomic E-state index is 5.49. The van der Waals surface area contributed by atoms with Gasteiger partial charge in [0, 0.05) is 45.1 Å². The third kappa shape index (κ3) is 6.06. The summed E-state index contributed by atoms with van der Waals surface area (Å²) >= 11 is 0. The maximum Gasteiger partial charge on any atom is 0.0737 e. The third-order valence-corrected chi connectivity index (χ3v) is 10.7. The Bertz CT molecular complexity index is 2420. The molecule has 4 heteroatoms. The van der Waals surface area contributed by atoms with Crippen LogP contribution in [-0.4, -0.2) is 22.1 Å². The van der Waals surface area contributed by atoms with Crippen molar-refractivity contribution in [2.24, 2.45) is 26.8 Å². The Balaban J connectivity index is 1.41. The molecule has 9 rings (SSSR count). The third-order valence-electron chi connectivity index (χ3n) is 10.7. The van der Waals surface area contributed by atoms with E-state index in [1.165, 1.54) is 5.57 Å². The van der Waals surface area contributed by atoms with Crippen LogP contribution in [0.25, 0.3) is 22.3 Å². The van der Waals surface area contributed by atoms with Crippen LogP contribution in [-0.2, 0) is 0 Å². The molecule has 1 aromatic heterocycles. The van der Waals surface area contributed by atoms with E-state index in [-0.39, 0.29) is 5.92 Å². The van der Waals surface area contributed by atoms with Crippen molar-refractivity contribution in [3.05, 3.63) is 214 Å². The lowest BCUT2D eigenvalue weighted by atomic mass is 9.77. The molecule has 4 aliphatic heterocycles. The molecule has 0 fully saturated rings. The predicted molar refractivity (Wildman–Crippen MR) is 221 cm³/mol. The minimum atomic E-state index is 0.0435. The number of hydrogen-bond acceptors (Lipinski definition) is 3. The van der Waals surface area contributed by atoms with Crippen LogP contribution in [0.4, 0.5) is 0 Å². The molecular formula is C49H40N4. The van der Waals surface area contributed by atoms with E-state index in [0.717, 1.165) is 96.6 Å². The summed E-state index contributed by atoms with van der Waals surface area (Å²) in [6.45, 7) is 4.64. The number of rotatable bonds is 7. The van der Waals surface area contributed by atoms with Gasteiger partial charge in [-0.1, -0.05) is 142 Å². The number of aliphatic imine (C=N–C) groups is 3. The second-order valence-electron chi connectivity index (χ2n) is 14.1. The zero-order chi connectivity index (χ0) is 35.7. The molecule has 5 heterocycles.